The third-order valence-electron chi connectivity index (χ3n) is 1.80. The first kappa shape index (κ1) is 6.46. The van der Waals surface area contributed by atoms with Crippen molar-refractivity contribution in [2.24, 2.45) is 0 Å². The zero-order valence-corrected chi connectivity index (χ0v) is 6.70. The molecule has 0 saturated heterocycles. The number of hydrogen-bond donors (Lipinski definition) is 1. The lowest BCUT2D eigenvalue weighted by molar-refractivity contribution is 0.760. The first-order valence-corrected chi connectivity index (χ1v) is 3.80. The van der Waals surface area contributed by atoms with Crippen molar-refractivity contribution in [2.45, 2.75) is 19.8 Å². The average molecular weight is 149 g/mol. The second-order valence-corrected chi connectivity index (χ2v) is 3.00. The lowest BCUT2D eigenvalue weighted by atomic mass is 10.2. The molecule has 0 radical (unpaired) electrons. The Hall–Kier alpha value is -1.25. The van der Waals surface area contributed by atoms with Crippen molar-refractivity contribution in [3.05, 3.63) is 24.2 Å². The van der Waals surface area contributed by atoms with E-state index < -0.39 is 0 Å². The largest absolute Gasteiger partial charge is 0.288 e. The highest BCUT2D eigenvalue weighted by Gasteiger charge is 2.06. The molecule has 2 heterocycles. The Balaban J connectivity index is 2.68. The minimum Gasteiger partial charge on any atom is -0.288 e. The van der Waals surface area contributed by atoms with Crippen LogP contribution in [0.5, 0.6) is 0 Å². The fraction of sp³-hybridized carbons (Fsp3) is 0.375. The monoisotopic (exact) mass is 149 g/mol. The van der Waals surface area contributed by atoms with Crippen LogP contribution in [-0.4, -0.2) is 14.6 Å². The molecule has 0 aliphatic carbocycles. The van der Waals surface area contributed by atoms with Crippen molar-refractivity contribution in [2.75, 3.05) is 0 Å². The normalized spacial score (nSPS) is 11.5. The molecule has 0 fully saturated rings. The van der Waals surface area contributed by atoms with E-state index in [-0.39, 0.29) is 0 Å². The standard InChI is InChI=1S/C8H11N3/c1-6(2)8-10-9-7-4-3-5-11(7)8/h3-6,9H,1-2H3. The molecule has 0 amide bonds. The molecule has 0 bridgehead atoms. The quantitative estimate of drug-likeness (QED) is 0.658. The summed E-state index contributed by atoms with van der Waals surface area (Å²) >= 11 is 0. The SMILES string of the molecule is CC(C)c1n[nH]c2cccn12. The fourth-order valence-corrected chi connectivity index (χ4v) is 1.25. The Morgan fingerprint density at radius 3 is 3.09 bits per heavy atom. The van der Waals surface area contributed by atoms with Gasteiger partial charge in [-0.15, -0.1) is 0 Å². The predicted molar refractivity (Wildman–Crippen MR) is 43.6 cm³/mol. The van der Waals surface area contributed by atoms with E-state index in [4.69, 9.17) is 0 Å². The third kappa shape index (κ3) is 0.843. The maximum atomic E-state index is 4.19. The summed E-state index contributed by atoms with van der Waals surface area (Å²) in [5.74, 6) is 1.56. The van der Waals surface area contributed by atoms with Crippen molar-refractivity contribution in [1.29, 1.82) is 0 Å². The van der Waals surface area contributed by atoms with Crippen LogP contribution in [0.3, 0.4) is 0 Å². The maximum absolute atomic E-state index is 4.19. The third-order valence-corrected chi connectivity index (χ3v) is 1.80. The van der Waals surface area contributed by atoms with E-state index in [0.29, 0.717) is 5.92 Å². The Morgan fingerprint density at radius 1 is 1.55 bits per heavy atom. The number of aromatic amines is 1. The highest BCUT2D eigenvalue weighted by molar-refractivity contribution is 5.38. The van der Waals surface area contributed by atoms with Crippen LogP contribution in [0.1, 0.15) is 25.6 Å². The van der Waals surface area contributed by atoms with E-state index in [1.165, 1.54) is 0 Å². The minimum absolute atomic E-state index is 0.469. The summed E-state index contributed by atoms with van der Waals surface area (Å²) in [6.45, 7) is 4.27. The van der Waals surface area contributed by atoms with Crippen LogP contribution in [-0.2, 0) is 0 Å². The van der Waals surface area contributed by atoms with Gasteiger partial charge in [-0.1, -0.05) is 13.8 Å². The predicted octanol–water partition coefficient (Wildman–Crippen LogP) is 1.79. The van der Waals surface area contributed by atoms with Gasteiger partial charge < -0.3 is 0 Å². The Bertz CT molecular complexity index is 356. The van der Waals surface area contributed by atoms with Gasteiger partial charge in [0.25, 0.3) is 0 Å². The summed E-state index contributed by atoms with van der Waals surface area (Å²) in [6.07, 6.45) is 2.02. The van der Waals surface area contributed by atoms with Gasteiger partial charge in [-0.2, -0.15) is 5.10 Å². The molecule has 2 rings (SSSR count). The zero-order chi connectivity index (χ0) is 7.84. The van der Waals surface area contributed by atoms with Gasteiger partial charge in [-0.25, -0.2) is 0 Å². The van der Waals surface area contributed by atoms with Crippen LogP contribution in [0.2, 0.25) is 0 Å². The number of aromatic nitrogens is 3. The molecule has 0 saturated carbocycles. The summed E-state index contributed by atoms with van der Waals surface area (Å²) in [4.78, 5) is 0. The molecule has 0 spiro atoms. The van der Waals surface area contributed by atoms with Gasteiger partial charge in [-0.05, 0) is 12.1 Å². The summed E-state index contributed by atoms with van der Waals surface area (Å²) in [6, 6.07) is 4.03. The van der Waals surface area contributed by atoms with Crippen LogP contribution in [0.15, 0.2) is 18.3 Å². The Kier molecular flexibility index (Phi) is 1.24. The highest BCUT2D eigenvalue weighted by Crippen LogP contribution is 2.12. The van der Waals surface area contributed by atoms with Gasteiger partial charge >= 0.3 is 0 Å². The van der Waals surface area contributed by atoms with E-state index in [0.717, 1.165) is 11.5 Å². The van der Waals surface area contributed by atoms with Crippen LogP contribution in [0, 0.1) is 0 Å². The molecule has 11 heavy (non-hydrogen) atoms. The van der Waals surface area contributed by atoms with Gasteiger partial charge in [0, 0.05) is 12.1 Å². The fourth-order valence-electron chi connectivity index (χ4n) is 1.25. The molecule has 2 aromatic rings. The second-order valence-electron chi connectivity index (χ2n) is 3.00. The number of fused-ring (bicyclic) bond motifs is 1. The Labute approximate surface area is 65.0 Å². The average Bonchev–Trinajstić information content (AvgIpc) is 2.41. The van der Waals surface area contributed by atoms with Crippen molar-refractivity contribution in [3.63, 3.8) is 0 Å². The van der Waals surface area contributed by atoms with E-state index >= 15 is 0 Å². The van der Waals surface area contributed by atoms with Gasteiger partial charge in [0.15, 0.2) is 0 Å². The smallest absolute Gasteiger partial charge is 0.137 e. The zero-order valence-electron chi connectivity index (χ0n) is 6.70. The molecule has 3 nitrogen and oxygen atoms in total. The first-order valence-electron chi connectivity index (χ1n) is 3.80. The van der Waals surface area contributed by atoms with Gasteiger partial charge in [0.05, 0.1) is 0 Å². The molecule has 2 aromatic heterocycles. The van der Waals surface area contributed by atoms with Gasteiger partial charge in [-0.3, -0.25) is 9.50 Å². The number of hydrogen-bond acceptors (Lipinski definition) is 1. The summed E-state index contributed by atoms with van der Waals surface area (Å²) < 4.78 is 2.07. The number of rotatable bonds is 1. The number of H-pyrrole nitrogens is 1. The van der Waals surface area contributed by atoms with Crippen molar-refractivity contribution in [1.82, 2.24) is 14.6 Å². The minimum atomic E-state index is 0.469. The molecule has 58 valence electrons. The molecule has 0 unspecified atom stereocenters. The number of nitrogens with one attached hydrogen (secondary N) is 1. The van der Waals surface area contributed by atoms with Gasteiger partial charge in [0.1, 0.15) is 11.5 Å². The Morgan fingerprint density at radius 2 is 2.36 bits per heavy atom. The van der Waals surface area contributed by atoms with E-state index in [9.17, 15) is 0 Å². The molecular formula is C8H11N3. The van der Waals surface area contributed by atoms with Crippen molar-refractivity contribution >= 4 is 5.65 Å². The molecule has 0 aliphatic rings. The lowest BCUT2D eigenvalue weighted by Crippen LogP contribution is -1.93. The van der Waals surface area contributed by atoms with E-state index in [2.05, 4.69) is 28.4 Å². The van der Waals surface area contributed by atoms with Crippen LogP contribution in [0.4, 0.5) is 0 Å². The summed E-state index contributed by atoms with van der Waals surface area (Å²) in [7, 11) is 0. The molecular weight excluding hydrogens is 138 g/mol. The molecule has 0 aromatic carbocycles. The summed E-state index contributed by atoms with van der Waals surface area (Å²) in [5, 5.41) is 7.16. The summed E-state index contributed by atoms with van der Waals surface area (Å²) in [5.41, 5.74) is 1.06. The second kappa shape index (κ2) is 2.12. The van der Waals surface area contributed by atoms with Crippen LogP contribution < -0.4 is 0 Å². The van der Waals surface area contributed by atoms with Gasteiger partial charge in [0.2, 0.25) is 0 Å². The van der Waals surface area contributed by atoms with Crippen molar-refractivity contribution < 1.29 is 0 Å². The van der Waals surface area contributed by atoms with Crippen LogP contribution in [0.25, 0.3) is 5.65 Å². The highest BCUT2D eigenvalue weighted by atomic mass is 15.2. The molecule has 0 aliphatic heterocycles. The van der Waals surface area contributed by atoms with E-state index in [1.54, 1.807) is 0 Å². The lowest BCUT2D eigenvalue weighted by Gasteiger charge is -1.98. The van der Waals surface area contributed by atoms with Crippen LogP contribution >= 0.6 is 0 Å². The molecule has 3 heteroatoms. The topological polar surface area (TPSA) is 33.1 Å². The van der Waals surface area contributed by atoms with Crippen molar-refractivity contribution in [3.8, 4) is 0 Å². The van der Waals surface area contributed by atoms with E-state index in [1.807, 2.05) is 18.3 Å². The first-order chi connectivity index (χ1) is 5.29. The number of nitrogens with zero attached hydrogens (tertiary/aromatic N) is 2. The maximum Gasteiger partial charge on any atom is 0.137 e. The molecule has 1 N–H and O–H groups in total. The molecule has 0 atom stereocenters.